The number of furan rings is 1. The van der Waals surface area contributed by atoms with Crippen molar-refractivity contribution >= 4 is 28.3 Å². The Balaban J connectivity index is 1.82. The number of aryl methyl sites for hydroxylation is 1. The molecule has 3 rings (SSSR count). The number of benzene rings is 1. The van der Waals surface area contributed by atoms with Crippen molar-refractivity contribution in [3.05, 3.63) is 51.7 Å². The number of aromatic carboxylic acids is 1. The molecule has 2 heterocycles. The van der Waals surface area contributed by atoms with E-state index < -0.39 is 5.97 Å². The summed E-state index contributed by atoms with van der Waals surface area (Å²) in [4.78, 5) is 16.6. The Morgan fingerprint density at radius 3 is 2.90 bits per heavy atom. The summed E-state index contributed by atoms with van der Waals surface area (Å²) in [5.41, 5.74) is 1.28. The van der Waals surface area contributed by atoms with E-state index in [2.05, 4.69) is 10.3 Å². The van der Waals surface area contributed by atoms with Gasteiger partial charge in [0.25, 0.3) is 0 Å². The van der Waals surface area contributed by atoms with Crippen molar-refractivity contribution in [3.63, 3.8) is 0 Å². The van der Waals surface area contributed by atoms with Gasteiger partial charge in [0.1, 0.15) is 5.58 Å². The fraction of sp³-hybridized carbons (Fsp3) is 0.200. The third kappa shape index (κ3) is 2.81. The zero-order valence-electron chi connectivity index (χ0n) is 11.4. The number of hydrogen-bond donors (Lipinski definition) is 2. The highest BCUT2D eigenvalue weighted by Gasteiger charge is 2.19. The molecule has 0 fully saturated rings. The molecule has 5 nitrogen and oxygen atoms in total. The van der Waals surface area contributed by atoms with Gasteiger partial charge in [0.2, 0.25) is 5.76 Å². The number of fused-ring (bicyclic) bond motifs is 1. The van der Waals surface area contributed by atoms with Crippen LogP contribution < -0.4 is 5.32 Å². The summed E-state index contributed by atoms with van der Waals surface area (Å²) in [6, 6.07) is 7.35. The first-order chi connectivity index (χ1) is 10.1. The summed E-state index contributed by atoms with van der Waals surface area (Å²) < 4.78 is 5.42. The first kappa shape index (κ1) is 13.8. The second-order valence-corrected chi connectivity index (χ2v) is 5.98. The second kappa shape index (κ2) is 5.67. The van der Waals surface area contributed by atoms with Crippen LogP contribution in [0.1, 0.15) is 26.0 Å². The molecular weight excluding hydrogens is 288 g/mol. The molecule has 0 aliphatic heterocycles. The molecule has 21 heavy (non-hydrogen) atoms. The van der Waals surface area contributed by atoms with E-state index in [-0.39, 0.29) is 5.76 Å². The largest absolute Gasteiger partial charge is 0.475 e. The van der Waals surface area contributed by atoms with Gasteiger partial charge in [0.05, 0.1) is 5.01 Å². The molecule has 0 bridgehead atoms. The number of thiazole rings is 1. The molecule has 2 N–H and O–H groups in total. The van der Waals surface area contributed by atoms with E-state index >= 15 is 0 Å². The minimum absolute atomic E-state index is 0.00388. The monoisotopic (exact) mass is 302 g/mol. The molecule has 0 saturated heterocycles. The minimum Gasteiger partial charge on any atom is -0.475 e. The number of carboxylic acid groups (broad SMARTS) is 1. The maximum absolute atomic E-state index is 11.3. The normalized spacial score (nSPS) is 11.1. The minimum atomic E-state index is -1.04. The van der Waals surface area contributed by atoms with Gasteiger partial charge in [-0.05, 0) is 13.0 Å². The number of carboxylic acids is 1. The summed E-state index contributed by atoms with van der Waals surface area (Å²) in [7, 11) is 0. The van der Waals surface area contributed by atoms with Crippen LogP contribution in [0.25, 0.3) is 11.0 Å². The number of nitrogens with zero attached hydrogens (tertiary/aromatic N) is 1. The highest BCUT2D eigenvalue weighted by Crippen LogP contribution is 2.26. The van der Waals surface area contributed by atoms with Gasteiger partial charge in [-0.15, -0.1) is 11.3 Å². The first-order valence-corrected chi connectivity index (χ1v) is 7.32. The number of rotatable bonds is 5. The zero-order valence-corrected chi connectivity index (χ0v) is 12.2. The van der Waals surface area contributed by atoms with Crippen molar-refractivity contribution in [3.8, 4) is 0 Å². The Morgan fingerprint density at radius 1 is 1.38 bits per heavy atom. The highest BCUT2D eigenvalue weighted by atomic mass is 32.1. The molecule has 0 saturated carbocycles. The van der Waals surface area contributed by atoms with Crippen molar-refractivity contribution in [2.24, 2.45) is 0 Å². The molecule has 108 valence electrons. The van der Waals surface area contributed by atoms with Crippen LogP contribution >= 0.6 is 11.3 Å². The molecule has 0 amide bonds. The van der Waals surface area contributed by atoms with Crippen molar-refractivity contribution in [1.29, 1.82) is 0 Å². The molecule has 0 spiro atoms. The van der Waals surface area contributed by atoms with Crippen molar-refractivity contribution in [1.82, 2.24) is 10.3 Å². The molecule has 0 atom stereocenters. The molecular formula is C15H14N2O3S. The van der Waals surface area contributed by atoms with Gasteiger partial charge in [0, 0.05) is 35.1 Å². The lowest BCUT2D eigenvalue weighted by Gasteiger charge is -2.02. The van der Waals surface area contributed by atoms with Crippen molar-refractivity contribution in [2.75, 3.05) is 0 Å². The lowest BCUT2D eigenvalue weighted by Crippen LogP contribution is -2.13. The fourth-order valence-corrected chi connectivity index (χ4v) is 3.01. The summed E-state index contributed by atoms with van der Waals surface area (Å²) >= 11 is 1.63. The van der Waals surface area contributed by atoms with E-state index in [0.717, 1.165) is 15.3 Å². The van der Waals surface area contributed by atoms with Gasteiger partial charge >= 0.3 is 5.97 Å². The lowest BCUT2D eigenvalue weighted by molar-refractivity contribution is 0.0663. The molecule has 0 aliphatic carbocycles. The van der Waals surface area contributed by atoms with E-state index in [4.69, 9.17) is 4.42 Å². The second-order valence-electron chi connectivity index (χ2n) is 4.66. The predicted octanol–water partition coefficient (Wildman–Crippen LogP) is 3.19. The van der Waals surface area contributed by atoms with Gasteiger partial charge in [-0.25, -0.2) is 9.78 Å². The smallest absolute Gasteiger partial charge is 0.372 e. The Bertz CT molecular complexity index is 791. The van der Waals surface area contributed by atoms with Crippen LogP contribution in [0.15, 0.2) is 34.9 Å². The van der Waals surface area contributed by atoms with Gasteiger partial charge in [-0.1, -0.05) is 18.2 Å². The number of para-hydroxylation sites is 1. The van der Waals surface area contributed by atoms with Crippen LogP contribution in [0.4, 0.5) is 0 Å². The van der Waals surface area contributed by atoms with E-state index in [1.54, 1.807) is 17.4 Å². The number of carbonyl (C=O) groups is 1. The summed E-state index contributed by atoms with van der Waals surface area (Å²) in [5.74, 6) is -1.04. The Labute approximate surface area is 125 Å². The van der Waals surface area contributed by atoms with Crippen LogP contribution in [0, 0.1) is 6.92 Å². The summed E-state index contributed by atoms with van der Waals surface area (Å²) in [6.45, 7) is 3.06. The lowest BCUT2D eigenvalue weighted by atomic mass is 10.1. The van der Waals surface area contributed by atoms with E-state index in [1.165, 1.54) is 0 Å². The van der Waals surface area contributed by atoms with Crippen molar-refractivity contribution in [2.45, 2.75) is 20.0 Å². The van der Waals surface area contributed by atoms with Gasteiger partial charge in [0.15, 0.2) is 0 Å². The maximum atomic E-state index is 11.3. The Kier molecular flexibility index (Phi) is 3.72. The SMILES string of the molecule is Cc1ncc(CNCc2c(C(=O)O)oc3ccccc23)s1. The third-order valence-electron chi connectivity index (χ3n) is 3.16. The number of hydrogen-bond acceptors (Lipinski definition) is 5. The zero-order chi connectivity index (χ0) is 14.8. The van der Waals surface area contributed by atoms with Crippen LogP contribution in [-0.2, 0) is 13.1 Å². The summed E-state index contributed by atoms with van der Waals surface area (Å²) in [5, 5.41) is 14.4. The van der Waals surface area contributed by atoms with Crippen molar-refractivity contribution < 1.29 is 14.3 Å². The van der Waals surface area contributed by atoms with Crippen LogP contribution in [0.3, 0.4) is 0 Å². The Morgan fingerprint density at radius 2 is 2.19 bits per heavy atom. The fourth-order valence-electron chi connectivity index (χ4n) is 2.24. The van der Waals surface area contributed by atoms with Gasteiger partial charge in [-0.3, -0.25) is 0 Å². The topological polar surface area (TPSA) is 75.4 Å². The van der Waals surface area contributed by atoms with Gasteiger partial charge in [-0.2, -0.15) is 0 Å². The Hall–Kier alpha value is -2.18. The molecule has 2 aromatic heterocycles. The highest BCUT2D eigenvalue weighted by molar-refractivity contribution is 7.11. The average Bonchev–Trinajstić information content (AvgIpc) is 3.03. The molecule has 0 unspecified atom stereocenters. The molecule has 0 aliphatic rings. The number of nitrogens with one attached hydrogen (secondary N) is 1. The van der Waals surface area contributed by atoms with Crippen LogP contribution in [0.2, 0.25) is 0 Å². The van der Waals surface area contributed by atoms with E-state index in [1.807, 2.05) is 31.3 Å². The number of aromatic nitrogens is 1. The maximum Gasteiger partial charge on any atom is 0.372 e. The summed E-state index contributed by atoms with van der Waals surface area (Å²) in [6.07, 6.45) is 1.83. The van der Waals surface area contributed by atoms with Crippen LogP contribution in [-0.4, -0.2) is 16.1 Å². The predicted molar refractivity (Wildman–Crippen MR) is 80.6 cm³/mol. The van der Waals surface area contributed by atoms with Crippen LogP contribution in [0.5, 0.6) is 0 Å². The van der Waals surface area contributed by atoms with Gasteiger partial charge < -0.3 is 14.8 Å². The van der Waals surface area contributed by atoms with E-state index in [9.17, 15) is 9.90 Å². The third-order valence-corrected chi connectivity index (χ3v) is 4.08. The van der Waals surface area contributed by atoms with E-state index in [0.29, 0.717) is 24.2 Å². The first-order valence-electron chi connectivity index (χ1n) is 6.51. The quantitative estimate of drug-likeness (QED) is 0.757. The molecule has 0 radical (unpaired) electrons. The standard InChI is InChI=1S/C15H14N2O3S/c1-9-17-7-10(21-9)6-16-8-12-11-4-2-3-5-13(11)20-14(12)15(18)19/h2-5,7,16H,6,8H2,1H3,(H,18,19). The molecule has 3 aromatic rings. The molecule has 1 aromatic carbocycles. The average molecular weight is 302 g/mol. The molecule has 6 heteroatoms.